The molecule has 0 saturated carbocycles. The number of aromatic amines is 1. The van der Waals surface area contributed by atoms with Crippen molar-refractivity contribution in [3.05, 3.63) is 45.3 Å². The average Bonchev–Trinajstić information content (AvgIpc) is 2.88. The van der Waals surface area contributed by atoms with Crippen LogP contribution in [0.5, 0.6) is 0 Å². The molecule has 26 heavy (non-hydrogen) atoms. The van der Waals surface area contributed by atoms with Crippen molar-refractivity contribution in [3.8, 4) is 0 Å². The molecule has 0 aliphatic heterocycles. The Balaban J connectivity index is 2.16. The Labute approximate surface area is 158 Å². The van der Waals surface area contributed by atoms with E-state index >= 15 is 0 Å². The molecule has 0 bridgehead atoms. The lowest BCUT2D eigenvalue weighted by Crippen LogP contribution is -2.20. The van der Waals surface area contributed by atoms with Crippen LogP contribution in [0.4, 0.5) is 17.1 Å². The Morgan fingerprint density at radius 2 is 2.08 bits per heavy atom. The van der Waals surface area contributed by atoms with Crippen LogP contribution < -0.4 is 15.2 Å². The molecule has 0 amide bonds. The van der Waals surface area contributed by atoms with E-state index in [2.05, 4.69) is 22.3 Å². The Morgan fingerprint density at radius 3 is 2.73 bits per heavy atom. The number of halogens is 1. The first-order chi connectivity index (χ1) is 12.3. The maximum absolute atomic E-state index is 12.4. The van der Waals surface area contributed by atoms with Crippen LogP contribution in [0.25, 0.3) is 11.0 Å². The number of rotatable bonds is 5. The number of nitrogens with zero attached hydrogens (tertiary/aromatic N) is 3. The predicted molar refractivity (Wildman–Crippen MR) is 108 cm³/mol. The second-order valence-electron chi connectivity index (χ2n) is 5.94. The van der Waals surface area contributed by atoms with Crippen molar-refractivity contribution in [2.24, 2.45) is 7.05 Å². The summed E-state index contributed by atoms with van der Waals surface area (Å²) in [6.07, 6.45) is 2.48. The summed E-state index contributed by atoms with van der Waals surface area (Å²) < 4.78 is 15.0. The van der Waals surface area contributed by atoms with Crippen LogP contribution in [-0.4, -0.2) is 32.3 Å². The number of fused-ring (bicyclic) bond motifs is 1. The predicted octanol–water partition coefficient (Wildman–Crippen LogP) is 2.95. The van der Waals surface area contributed by atoms with Gasteiger partial charge in [0.05, 0.1) is 17.1 Å². The number of hydrogen-bond acceptors (Lipinski definition) is 4. The molecule has 2 N–H and O–H groups in total. The molecule has 2 aromatic heterocycles. The summed E-state index contributed by atoms with van der Waals surface area (Å²) in [7, 11) is 2.20. The second kappa shape index (κ2) is 7.13. The maximum atomic E-state index is 12.4. The number of anilines is 3. The zero-order chi connectivity index (χ0) is 19.0. The van der Waals surface area contributed by atoms with Gasteiger partial charge < -0.3 is 5.32 Å². The summed E-state index contributed by atoms with van der Waals surface area (Å²) >= 11 is 6.11. The highest BCUT2D eigenvalue weighted by Crippen LogP contribution is 2.32. The molecular formula is C17H20ClN5O2S. The molecule has 1 aromatic carbocycles. The normalized spacial score (nSPS) is 12.3. The van der Waals surface area contributed by atoms with Crippen molar-refractivity contribution in [3.63, 3.8) is 0 Å². The number of H-pyrrole nitrogens is 1. The first kappa shape index (κ1) is 18.5. The van der Waals surface area contributed by atoms with Gasteiger partial charge in [0.25, 0.3) is 5.56 Å². The van der Waals surface area contributed by atoms with Gasteiger partial charge in [-0.15, -0.1) is 0 Å². The topological polar surface area (TPSA) is 83.0 Å². The lowest BCUT2D eigenvalue weighted by atomic mass is 10.1. The van der Waals surface area contributed by atoms with E-state index in [1.807, 2.05) is 18.2 Å². The maximum Gasteiger partial charge on any atom is 0.277 e. The van der Waals surface area contributed by atoms with E-state index in [1.165, 1.54) is 4.68 Å². The number of aromatic nitrogens is 3. The first-order valence-electron chi connectivity index (χ1n) is 8.04. The monoisotopic (exact) mass is 393 g/mol. The van der Waals surface area contributed by atoms with Crippen LogP contribution in [0, 0.1) is 0 Å². The van der Waals surface area contributed by atoms with E-state index in [0.29, 0.717) is 16.7 Å². The summed E-state index contributed by atoms with van der Waals surface area (Å²) in [4.78, 5) is 16.6. The van der Waals surface area contributed by atoms with Gasteiger partial charge in [-0.05, 0) is 30.2 Å². The van der Waals surface area contributed by atoms with Crippen molar-refractivity contribution >= 4 is 50.7 Å². The highest BCUT2D eigenvalue weighted by atomic mass is 35.5. The van der Waals surface area contributed by atoms with Crippen LogP contribution in [0.3, 0.4) is 0 Å². The Kier molecular flexibility index (Phi) is 5.06. The van der Waals surface area contributed by atoms with E-state index < -0.39 is 11.0 Å². The fourth-order valence-electron chi connectivity index (χ4n) is 2.73. The van der Waals surface area contributed by atoms with Gasteiger partial charge in [0.2, 0.25) is 0 Å². The van der Waals surface area contributed by atoms with Gasteiger partial charge in [-0.25, -0.2) is 9.19 Å². The minimum absolute atomic E-state index is 0.203. The number of benzene rings is 1. The molecule has 9 heteroatoms. The fraction of sp³-hybridized carbons (Fsp3) is 0.294. The number of aryl methyl sites for hydroxylation is 2. The van der Waals surface area contributed by atoms with Gasteiger partial charge in [0.15, 0.2) is 5.65 Å². The zero-order valence-electron chi connectivity index (χ0n) is 15.0. The van der Waals surface area contributed by atoms with Crippen molar-refractivity contribution < 1.29 is 4.21 Å². The molecule has 1 atom stereocenters. The minimum atomic E-state index is -1.19. The fourth-order valence-corrected chi connectivity index (χ4v) is 3.36. The second-order valence-corrected chi connectivity index (χ2v) is 7.73. The summed E-state index contributed by atoms with van der Waals surface area (Å²) in [5.41, 5.74) is 3.38. The summed E-state index contributed by atoms with van der Waals surface area (Å²) in [5.74, 6) is 0. The smallest absolute Gasteiger partial charge is 0.277 e. The van der Waals surface area contributed by atoms with Gasteiger partial charge in [0, 0.05) is 20.4 Å². The van der Waals surface area contributed by atoms with E-state index in [1.54, 1.807) is 30.7 Å². The SMILES string of the molecule is CCc1ccc(Nc2cc(Cl)nc3[nH]n(C)c(=O)c23)c(N(C)S(C)=O)c1. The molecule has 0 radical (unpaired) electrons. The summed E-state index contributed by atoms with van der Waals surface area (Å²) in [6.45, 7) is 2.06. The van der Waals surface area contributed by atoms with Gasteiger partial charge in [-0.2, -0.15) is 0 Å². The summed E-state index contributed by atoms with van der Waals surface area (Å²) in [5, 5.41) is 6.82. The van der Waals surface area contributed by atoms with Gasteiger partial charge in [0.1, 0.15) is 21.5 Å². The highest BCUT2D eigenvalue weighted by Gasteiger charge is 2.16. The third-order valence-corrected chi connectivity index (χ3v) is 5.41. The number of hydrogen-bond donors (Lipinski definition) is 2. The number of pyridine rings is 1. The molecule has 0 aliphatic carbocycles. The third-order valence-electron chi connectivity index (χ3n) is 4.24. The lowest BCUT2D eigenvalue weighted by Gasteiger charge is -2.21. The molecule has 1 unspecified atom stereocenters. The minimum Gasteiger partial charge on any atom is -0.353 e. The van der Waals surface area contributed by atoms with Crippen molar-refractivity contribution in [1.29, 1.82) is 0 Å². The zero-order valence-corrected chi connectivity index (χ0v) is 16.5. The van der Waals surface area contributed by atoms with E-state index in [4.69, 9.17) is 11.6 Å². The average molecular weight is 394 g/mol. The third kappa shape index (κ3) is 3.34. The Bertz CT molecular complexity index is 1060. The Morgan fingerprint density at radius 1 is 1.35 bits per heavy atom. The molecule has 0 saturated heterocycles. The molecule has 7 nitrogen and oxygen atoms in total. The van der Waals surface area contributed by atoms with Gasteiger partial charge in [-0.3, -0.25) is 18.9 Å². The van der Waals surface area contributed by atoms with E-state index in [-0.39, 0.29) is 10.7 Å². The molecule has 0 fully saturated rings. The van der Waals surface area contributed by atoms with E-state index in [9.17, 15) is 9.00 Å². The van der Waals surface area contributed by atoms with Gasteiger partial charge >= 0.3 is 0 Å². The quantitative estimate of drug-likeness (QED) is 0.653. The van der Waals surface area contributed by atoms with Crippen LogP contribution in [0.15, 0.2) is 29.1 Å². The standard InChI is InChI=1S/C17H20ClN5O2S/c1-5-10-6-7-11(13(8-10)23(3)26(4)25)19-12-9-14(18)20-16-15(12)17(24)22(2)21-16/h6-9H,5H2,1-4H3,(H2,19,20,21). The lowest BCUT2D eigenvalue weighted by molar-refractivity contribution is 0.685. The summed E-state index contributed by atoms with van der Waals surface area (Å²) in [6, 6.07) is 7.50. The van der Waals surface area contributed by atoms with Crippen LogP contribution in [-0.2, 0) is 24.5 Å². The molecule has 138 valence electrons. The molecule has 2 heterocycles. The molecule has 3 rings (SSSR count). The van der Waals surface area contributed by atoms with Crippen molar-refractivity contribution in [2.75, 3.05) is 22.9 Å². The largest absolute Gasteiger partial charge is 0.353 e. The van der Waals surface area contributed by atoms with E-state index in [0.717, 1.165) is 23.4 Å². The highest BCUT2D eigenvalue weighted by molar-refractivity contribution is 7.85. The molecular weight excluding hydrogens is 374 g/mol. The number of nitrogens with one attached hydrogen (secondary N) is 2. The van der Waals surface area contributed by atoms with Gasteiger partial charge in [-0.1, -0.05) is 24.6 Å². The van der Waals surface area contributed by atoms with Crippen molar-refractivity contribution in [1.82, 2.24) is 14.8 Å². The van der Waals surface area contributed by atoms with Crippen LogP contribution in [0.1, 0.15) is 12.5 Å². The molecule has 0 spiro atoms. The molecule has 3 aromatic rings. The van der Waals surface area contributed by atoms with Crippen LogP contribution >= 0.6 is 11.6 Å². The van der Waals surface area contributed by atoms with Crippen LogP contribution in [0.2, 0.25) is 5.15 Å². The van der Waals surface area contributed by atoms with Crippen molar-refractivity contribution in [2.45, 2.75) is 13.3 Å². The Hall–Kier alpha value is -2.32. The first-order valence-corrected chi connectivity index (χ1v) is 9.93. The molecule has 0 aliphatic rings.